The van der Waals surface area contributed by atoms with Crippen molar-refractivity contribution in [2.45, 2.75) is 19.1 Å². The number of hydrogen-bond acceptors (Lipinski definition) is 7. The summed E-state index contributed by atoms with van der Waals surface area (Å²) in [6.07, 6.45) is 0. The van der Waals surface area contributed by atoms with Crippen LogP contribution in [0.25, 0.3) is 0 Å². The number of carbonyl (C=O) groups is 2. The summed E-state index contributed by atoms with van der Waals surface area (Å²) in [6.45, 7) is 5.22. The number of amidine groups is 1. The first-order valence-corrected chi connectivity index (χ1v) is 6.35. The van der Waals surface area contributed by atoms with Crippen LogP contribution in [-0.2, 0) is 19.1 Å². The van der Waals surface area contributed by atoms with Crippen molar-refractivity contribution in [2.24, 2.45) is 4.99 Å². The number of nitrogens with one attached hydrogen (secondary N) is 1. The van der Waals surface area contributed by atoms with Crippen LogP contribution in [0.1, 0.15) is 13.8 Å². The normalized spacial score (nSPS) is 14.2. The molecule has 0 bridgehead atoms. The van der Waals surface area contributed by atoms with Crippen LogP contribution in [0.2, 0.25) is 0 Å². The van der Waals surface area contributed by atoms with E-state index in [1.54, 1.807) is 13.8 Å². The van der Waals surface area contributed by atoms with E-state index in [1.165, 1.54) is 0 Å². The van der Waals surface area contributed by atoms with E-state index in [2.05, 4.69) is 10.3 Å². The highest BCUT2D eigenvalue weighted by Crippen LogP contribution is 2.17. The smallest absolute Gasteiger partial charge is 0.331 e. The average Bonchev–Trinajstić information content (AvgIpc) is 2.79. The maximum atomic E-state index is 11.6. The zero-order valence-electron chi connectivity index (χ0n) is 9.89. The zero-order chi connectivity index (χ0) is 12.7. The summed E-state index contributed by atoms with van der Waals surface area (Å²) in [4.78, 5) is 27.4. The summed E-state index contributed by atoms with van der Waals surface area (Å²) < 4.78 is 9.68. The Hall–Kier alpha value is -1.24. The number of hydrogen-bond donors (Lipinski definition) is 1. The van der Waals surface area contributed by atoms with Gasteiger partial charge in [-0.3, -0.25) is 14.6 Å². The minimum atomic E-state index is -1.00. The monoisotopic (exact) mass is 260 g/mol. The van der Waals surface area contributed by atoms with Crippen LogP contribution in [-0.4, -0.2) is 48.7 Å². The van der Waals surface area contributed by atoms with E-state index in [4.69, 9.17) is 9.47 Å². The molecule has 1 rings (SSSR count). The molecule has 1 aliphatic rings. The topological polar surface area (TPSA) is 77.0 Å². The summed E-state index contributed by atoms with van der Waals surface area (Å²) in [5, 5.41) is 2.56. The SMILES string of the molecule is CCOC(=O)C(SC1=NCCN1)C(=O)OCC. The fourth-order valence-corrected chi connectivity index (χ4v) is 2.10. The number of ether oxygens (including phenoxy) is 2. The lowest BCUT2D eigenvalue weighted by Crippen LogP contribution is -2.33. The van der Waals surface area contributed by atoms with Gasteiger partial charge in [0, 0.05) is 6.54 Å². The van der Waals surface area contributed by atoms with Crippen LogP contribution in [0.3, 0.4) is 0 Å². The van der Waals surface area contributed by atoms with Crippen molar-refractivity contribution in [3.8, 4) is 0 Å². The van der Waals surface area contributed by atoms with Crippen molar-refractivity contribution in [1.29, 1.82) is 0 Å². The molecule has 1 heterocycles. The van der Waals surface area contributed by atoms with Crippen molar-refractivity contribution < 1.29 is 19.1 Å². The number of rotatable bonds is 5. The average molecular weight is 260 g/mol. The summed E-state index contributed by atoms with van der Waals surface area (Å²) >= 11 is 1.04. The molecule has 0 unspecified atom stereocenters. The number of aliphatic imine (C=N–C) groups is 1. The van der Waals surface area contributed by atoms with Crippen LogP contribution in [0.15, 0.2) is 4.99 Å². The third-order valence-corrected chi connectivity index (χ3v) is 2.99. The summed E-state index contributed by atoms with van der Waals surface area (Å²) in [6, 6.07) is 0. The van der Waals surface area contributed by atoms with Gasteiger partial charge in [0.1, 0.15) is 0 Å². The van der Waals surface area contributed by atoms with Gasteiger partial charge >= 0.3 is 11.9 Å². The third kappa shape index (κ3) is 4.26. The molecule has 0 saturated heterocycles. The lowest BCUT2D eigenvalue weighted by Gasteiger charge is -2.13. The van der Waals surface area contributed by atoms with Crippen LogP contribution in [0, 0.1) is 0 Å². The molecule has 96 valence electrons. The fraction of sp³-hybridized carbons (Fsp3) is 0.700. The molecule has 0 aromatic rings. The highest BCUT2D eigenvalue weighted by molar-refractivity contribution is 8.15. The van der Waals surface area contributed by atoms with E-state index in [0.29, 0.717) is 11.7 Å². The molecule has 1 N–H and O–H groups in total. The van der Waals surface area contributed by atoms with Crippen molar-refractivity contribution in [1.82, 2.24) is 5.32 Å². The van der Waals surface area contributed by atoms with Crippen LogP contribution in [0.4, 0.5) is 0 Å². The Bertz CT molecular complexity index is 301. The van der Waals surface area contributed by atoms with Crippen molar-refractivity contribution in [3.63, 3.8) is 0 Å². The maximum absolute atomic E-state index is 11.6. The molecule has 0 spiro atoms. The molecule has 0 atom stereocenters. The van der Waals surface area contributed by atoms with Gasteiger partial charge in [0.05, 0.1) is 19.8 Å². The number of esters is 2. The highest BCUT2D eigenvalue weighted by atomic mass is 32.2. The molecular weight excluding hydrogens is 244 g/mol. The van der Waals surface area contributed by atoms with E-state index >= 15 is 0 Å². The second kappa shape index (κ2) is 7.16. The van der Waals surface area contributed by atoms with Crippen molar-refractivity contribution in [2.75, 3.05) is 26.3 Å². The first-order valence-electron chi connectivity index (χ1n) is 5.47. The summed E-state index contributed by atoms with van der Waals surface area (Å²) in [5.41, 5.74) is 0. The molecular formula is C10H16N2O4S. The molecule has 0 amide bonds. The predicted octanol–water partition coefficient (Wildman–Crippen LogP) is 0.174. The fourth-order valence-electron chi connectivity index (χ4n) is 1.20. The molecule has 6 nitrogen and oxygen atoms in total. The molecule has 0 fully saturated rings. The molecule has 0 aromatic carbocycles. The molecule has 0 aromatic heterocycles. The minimum Gasteiger partial charge on any atom is -0.465 e. The lowest BCUT2D eigenvalue weighted by atomic mass is 10.4. The van der Waals surface area contributed by atoms with E-state index in [1.807, 2.05) is 0 Å². The number of nitrogens with zero attached hydrogens (tertiary/aromatic N) is 1. The van der Waals surface area contributed by atoms with Crippen LogP contribution in [0.5, 0.6) is 0 Å². The Morgan fingerprint density at radius 3 is 2.35 bits per heavy atom. The lowest BCUT2D eigenvalue weighted by molar-refractivity contribution is -0.152. The van der Waals surface area contributed by atoms with E-state index in [0.717, 1.165) is 18.3 Å². The second-order valence-corrected chi connectivity index (χ2v) is 4.21. The molecule has 0 radical (unpaired) electrons. The maximum Gasteiger partial charge on any atom is 0.331 e. The van der Waals surface area contributed by atoms with Crippen molar-refractivity contribution in [3.05, 3.63) is 0 Å². The Kier molecular flexibility index (Phi) is 5.82. The van der Waals surface area contributed by atoms with E-state index in [9.17, 15) is 9.59 Å². The second-order valence-electron chi connectivity index (χ2n) is 3.12. The predicted molar refractivity (Wildman–Crippen MR) is 64.9 cm³/mol. The van der Waals surface area contributed by atoms with Crippen LogP contribution < -0.4 is 5.32 Å². The molecule has 0 aliphatic carbocycles. The summed E-state index contributed by atoms with van der Waals surface area (Å²) in [7, 11) is 0. The Labute approximate surface area is 104 Å². The van der Waals surface area contributed by atoms with Gasteiger partial charge in [-0.05, 0) is 13.8 Å². The molecule has 7 heteroatoms. The Balaban J connectivity index is 2.63. The largest absolute Gasteiger partial charge is 0.465 e. The van der Waals surface area contributed by atoms with Gasteiger partial charge in [0.15, 0.2) is 5.17 Å². The first-order chi connectivity index (χ1) is 8.19. The van der Waals surface area contributed by atoms with Gasteiger partial charge in [0.25, 0.3) is 0 Å². The highest BCUT2D eigenvalue weighted by Gasteiger charge is 2.32. The molecule has 17 heavy (non-hydrogen) atoms. The third-order valence-electron chi connectivity index (χ3n) is 1.87. The first kappa shape index (κ1) is 13.8. The Morgan fingerprint density at radius 1 is 1.35 bits per heavy atom. The van der Waals surface area contributed by atoms with E-state index in [-0.39, 0.29) is 13.2 Å². The van der Waals surface area contributed by atoms with Crippen LogP contribution >= 0.6 is 11.8 Å². The van der Waals surface area contributed by atoms with E-state index < -0.39 is 17.2 Å². The van der Waals surface area contributed by atoms with Gasteiger partial charge in [-0.25, -0.2) is 0 Å². The van der Waals surface area contributed by atoms with Gasteiger partial charge in [-0.15, -0.1) is 0 Å². The quantitative estimate of drug-likeness (QED) is 0.561. The van der Waals surface area contributed by atoms with Gasteiger partial charge < -0.3 is 14.8 Å². The van der Waals surface area contributed by atoms with Gasteiger partial charge in [-0.2, -0.15) is 0 Å². The standard InChI is InChI=1S/C10H16N2O4S/c1-3-15-8(13)7(9(14)16-4-2)17-10-11-5-6-12-10/h7H,3-6H2,1-2H3,(H,11,12). The summed E-state index contributed by atoms with van der Waals surface area (Å²) in [5.74, 6) is -1.18. The minimum absolute atomic E-state index is 0.231. The molecule has 1 aliphatic heterocycles. The molecule has 0 saturated carbocycles. The van der Waals surface area contributed by atoms with Crippen molar-refractivity contribution >= 4 is 28.9 Å². The van der Waals surface area contributed by atoms with Gasteiger partial charge in [-0.1, -0.05) is 11.8 Å². The van der Waals surface area contributed by atoms with Gasteiger partial charge in [0.2, 0.25) is 5.25 Å². The number of thioether (sulfide) groups is 1. The Morgan fingerprint density at radius 2 is 1.94 bits per heavy atom. The number of carbonyl (C=O) groups excluding carboxylic acids is 2. The zero-order valence-corrected chi connectivity index (χ0v) is 10.7.